The van der Waals surface area contributed by atoms with Crippen molar-refractivity contribution >= 4 is 0 Å². The lowest BCUT2D eigenvalue weighted by Crippen LogP contribution is -2.16. The number of phenolic OH excluding ortho intramolecular Hbond substituents is 2. The van der Waals surface area contributed by atoms with E-state index in [0.29, 0.717) is 62.3 Å². The SMILES string of the molecule is COc1cc(OC)c2cc1C(c1ccc(C(F)(F)F)cc1)c1cc(c(O)cc1O)C(c1ccc(C)cc1C)c1cc(c(OC)cc1OC)C(c1ccccc1)c1cc(c(OC)cc1OC)C2c1ccc(C)cc1C. The van der Waals surface area contributed by atoms with Crippen LogP contribution in [0.2, 0.25) is 0 Å². The minimum atomic E-state index is -4.62. The van der Waals surface area contributed by atoms with Crippen molar-refractivity contribution in [3.8, 4) is 46.0 Å². The zero-order chi connectivity index (χ0) is 52.7. The van der Waals surface area contributed by atoms with Gasteiger partial charge in [-0.25, -0.2) is 0 Å². The summed E-state index contributed by atoms with van der Waals surface area (Å²) in [5.41, 5.74) is 11.0. The van der Waals surface area contributed by atoms with E-state index in [-0.39, 0.29) is 17.1 Å². The minimum absolute atomic E-state index is 0.221. The highest BCUT2D eigenvalue weighted by Gasteiger charge is 2.37. The number of benzene rings is 8. The molecule has 1 aliphatic carbocycles. The summed E-state index contributed by atoms with van der Waals surface area (Å²) in [5.74, 6) is -0.691. The van der Waals surface area contributed by atoms with Crippen LogP contribution >= 0.6 is 0 Å². The van der Waals surface area contributed by atoms with Gasteiger partial charge in [0.15, 0.2) is 0 Å². The summed E-state index contributed by atoms with van der Waals surface area (Å²) in [5, 5.41) is 24.8. The van der Waals surface area contributed by atoms with Crippen molar-refractivity contribution in [2.75, 3.05) is 42.7 Å². The van der Waals surface area contributed by atoms with Gasteiger partial charge < -0.3 is 38.6 Å². The fourth-order valence-corrected chi connectivity index (χ4v) is 11.1. The zero-order valence-corrected chi connectivity index (χ0v) is 43.1. The summed E-state index contributed by atoms with van der Waals surface area (Å²) in [7, 11) is 9.55. The van der Waals surface area contributed by atoms with Gasteiger partial charge in [-0.15, -0.1) is 0 Å². The number of phenols is 2. The van der Waals surface area contributed by atoms with Crippen LogP contribution in [0, 0.1) is 27.7 Å². The van der Waals surface area contributed by atoms with E-state index in [1.807, 2.05) is 69.3 Å². The Morgan fingerprint density at radius 1 is 0.338 bits per heavy atom. The third-order valence-corrected chi connectivity index (χ3v) is 14.6. The Morgan fingerprint density at radius 3 is 1.03 bits per heavy atom. The molecule has 9 rings (SSSR count). The molecule has 0 radical (unpaired) electrons. The van der Waals surface area contributed by atoms with Gasteiger partial charge >= 0.3 is 6.18 Å². The Labute approximate surface area is 430 Å². The van der Waals surface area contributed by atoms with Crippen molar-refractivity contribution < 1.29 is 51.8 Å². The molecular weight excluding hydrogens is 942 g/mol. The number of aryl methyl sites for hydroxylation is 4. The Kier molecular flexibility index (Phi) is 14.1. The molecule has 11 heteroatoms. The van der Waals surface area contributed by atoms with Crippen LogP contribution in [-0.2, 0) is 6.18 Å². The molecule has 4 unspecified atom stereocenters. The predicted octanol–water partition coefficient (Wildman–Crippen LogP) is 14.4. The first kappa shape index (κ1) is 50.9. The number of fused-ring (bicyclic) bond motifs is 8. The number of aromatic hydroxyl groups is 2. The Hall–Kier alpha value is -8.05. The highest BCUT2D eigenvalue weighted by Crippen LogP contribution is 2.55. The average molecular weight is 1000 g/mol. The molecule has 74 heavy (non-hydrogen) atoms. The van der Waals surface area contributed by atoms with Crippen LogP contribution in [0.15, 0.2) is 140 Å². The molecule has 0 fully saturated rings. The molecule has 0 saturated carbocycles. The van der Waals surface area contributed by atoms with Crippen LogP contribution < -0.4 is 28.4 Å². The first-order chi connectivity index (χ1) is 35.5. The van der Waals surface area contributed by atoms with Crippen LogP contribution in [0.1, 0.15) is 118 Å². The second-order valence-corrected chi connectivity index (χ2v) is 19.0. The van der Waals surface area contributed by atoms with Gasteiger partial charge in [-0.2, -0.15) is 13.2 Å². The maximum absolute atomic E-state index is 14.4. The fourth-order valence-electron chi connectivity index (χ4n) is 11.1. The van der Waals surface area contributed by atoms with Gasteiger partial charge in [0, 0.05) is 92.4 Å². The Bertz CT molecular complexity index is 3380. The summed E-state index contributed by atoms with van der Waals surface area (Å²) in [6, 6.07) is 42.1. The molecule has 0 spiro atoms. The Balaban J connectivity index is 1.54. The number of alkyl halides is 3. The summed E-state index contributed by atoms with van der Waals surface area (Å²) < 4.78 is 81.0. The van der Waals surface area contributed by atoms with E-state index in [2.05, 4.69) is 55.5 Å². The van der Waals surface area contributed by atoms with Crippen LogP contribution in [-0.4, -0.2) is 52.9 Å². The van der Waals surface area contributed by atoms with Gasteiger partial charge in [0.2, 0.25) is 0 Å². The molecule has 8 bridgehead atoms. The van der Waals surface area contributed by atoms with Crippen LogP contribution in [0.3, 0.4) is 0 Å². The molecule has 0 aliphatic heterocycles. The maximum Gasteiger partial charge on any atom is 0.416 e. The highest BCUT2D eigenvalue weighted by atomic mass is 19.4. The van der Waals surface area contributed by atoms with E-state index in [0.717, 1.165) is 67.8 Å². The summed E-state index contributed by atoms with van der Waals surface area (Å²) >= 11 is 0. The van der Waals surface area contributed by atoms with Crippen molar-refractivity contribution in [3.05, 3.63) is 234 Å². The smallest absolute Gasteiger partial charge is 0.416 e. The number of halogens is 3. The maximum atomic E-state index is 14.4. The molecule has 4 atom stereocenters. The molecule has 0 saturated heterocycles. The molecule has 8 nitrogen and oxygen atoms in total. The largest absolute Gasteiger partial charge is 0.507 e. The average Bonchev–Trinajstić information content (AvgIpc) is 3.40. The van der Waals surface area contributed by atoms with Gasteiger partial charge in [0.05, 0.1) is 48.2 Å². The second kappa shape index (κ2) is 20.5. The summed E-state index contributed by atoms with van der Waals surface area (Å²) in [4.78, 5) is 0. The standard InChI is InChI=1S/C63H59F3O8/c1-34-16-22-41(36(3)24-34)61-44-26-43(51(67)30-52(44)68)59(39-18-20-40(21-19-39)63(64,65)66)45-27-49(57(73-9)31-53(45)69-5)62(42-23-17-35(2)25-37(42)4)50-29-47(55(71-7)33-58(50)74-10)60(38-14-12-11-13-15-38)46-28-48(61)56(72-8)32-54(46)70-6/h11-33,59-62,67-68H,1-10H3. The molecular formula is C63H59F3O8. The van der Waals surface area contributed by atoms with Crippen molar-refractivity contribution in [1.82, 2.24) is 0 Å². The quantitative estimate of drug-likeness (QED) is 0.140. The third kappa shape index (κ3) is 9.20. The molecule has 0 aromatic heterocycles. The van der Waals surface area contributed by atoms with E-state index in [1.54, 1.807) is 47.7 Å². The highest BCUT2D eigenvalue weighted by molar-refractivity contribution is 5.68. The number of methoxy groups -OCH3 is 6. The third-order valence-electron chi connectivity index (χ3n) is 14.6. The van der Waals surface area contributed by atoms with Gasteiger partial charge in [-0.05, 0) is 97.5 Å². The molecule has 0 heterocycles. The van der Waals surface area contributed by atoms with E-state index >= 15 is 0 Å². The summed E-state index contributed by atoms with van der Waals surface area (Å²) in [6.45, 7) is 8.11. The Morgan fingerprint density at radius 2 is 0.662 bits per heavy atom. The molecule has 2 N–H and O–H groups in total. The zero-order valence-electron chi connectivity index (χ0n) is 43.1. The second-order valence-electron chi connectivity index (χ2n) is 19.0. The molecule has 8 aromatic rings. The molecule has 8 aromatic carbocycles. The lowest BCUT2D eigenvalue weighted by atomic mass is 9.74. The van der Waals surface area contributed by atoms with E-state index < -0.39 is 35.4 Å². The van der Waals surface area contributed by atoms with Crippen LogP contribution in [0.25, 0.3) is 0 Å². The molecule has 0 amide bonds. The monoisotopic (exact) mass is 1000 g/mol. The van der Waals surface area contributed by atoms with E-state index in [4.69, 9.17) is 28.4 Å². The van der Waals surface area contributed by atoms with E-state index in [9.17, 15) is 23.4 Å². The van der Waals surface area contributed by atoms with Crippen molar-refractivity contribution in [1.29, 1.82) is 0 Å². The van der Waals surface area contributed by atoms with Crippen LogP contribution in [0.4, 0.5) is 13.2 Å². The minimum Gasteiger partial charge on any atom is -0.507 e. The molecule has 380 valence electrons. The lowest BCUT2D eigenvalue weighted by molar-refractivity contribution is -0.137. The number of ether oxygens (including phenoxy) is 6. The van der Waals surface area contributed by atoms with Crippen molar-refractivity contribution in [2.45, 2.75) is 57.5 Å². The van der Waals surface area contributed by atoms with Gasteiger partial charge in [-0.1, -0.05) is 90.0 Å². The first-order valence-corrected chi connectivity index (χ1v) is 24.2. The number of hydrogen-bond donors (Lipinski definition) is 2. The lowest BCUT2D eigenvalue weighted by Gasteiger charge is -2.32. The van der Waals surface area contributed by atoms with Gasteiger partial charge in [-0.3, -0.25) is 0 Å². The normalized spacial score (nSPS) is 16.3. The van der Waals surface area contributed by atoms with E-state index in [1.165, 1.54) is 25.3 Å². The van der Waals surface area contributed by atoms with Crippen LogP contribution in [0.5, 0.6) is 46.0 Å². The summed E-state index contributed by atoms with van der Waals surface area (Å²) in [6.07, 6.45) is -4.62. The molecule has 1 aliphatic rings. The first-order valence-electron chi connectivity index (χ1n) is 24.2. The van der Waals surface area contributed by atoms with Gasteiger partial charge in [0.1, 0.15) is 46.0 Å². The fraction of sp³-hybridized carbons (Fsp3) is 0.238. The topological polar surface area (TPSA) is 95.8 Å². The number of rotatable bonds is 10. The van der Waals surface area contributed by atoms with Crippen molar-refractivity contribution in [2.24, 2.45) is 0 Å². The van der Waals surface area contributed by atoms with Crippen molar-refractivity contribution in [3.63, 3.8) is 0 Å². The van der Waals surface area contributed by atoms with Gasteiger partial charge in [0.25, 0.3) is 0 Å². The number of hydrogen-bond acceptors (Lipinski definition) is 8. The predicted molar refractivity (Wildman–Crippen MR) is 282 cm³/mol.